The maximum atomic E-state index is 12.0. The van der Waals surface area contributed by atoms with E-state index in [4.69, 9.17) is 0 Å². The highest BCUT2D eigenvalue weighted by molar-refractivity contribution is 5.93. The quantitative estimate of drug-likeness (QED) is 0.585. The van der Waals surface area contributed by atoms with Crippen LogP contribution >= 0.6 is 0 Å². The molecule has 2 aromatic rings. The van der Waals surface area contributed by atoms with Gasteiger partial charge >= 0.3 is 0 Å². The highest BCUT2D eigenvalue weighted by Crippen LogP contribution is 2.28. The van der Waals surface area contributed by atoms with Gasteiger partial charge in [0.1, 0.15) is 0 Å². The molecule has 1 atom stereocenters. The van der Waals surface area contributed by atoms with Crippen LogP contribution < -0.4 is 15.5 Å². The summed E-state index contributed by atoms with van der Waals surface area (Å²) in [5.41, 5.74) is 4.57. The summed E-state index contributed by atoms with van der Waals surface area (Å²) in [4.78, 5) is 20.3. The molecule has 1 aliphatic heterocycles. The van der Waals surface area contributed by atoms with Gasteiger partial charge in [-0.05, 0) is 42.7 Å². The van der Waals surface area contributed by atoms with Crippen LogP contribution in [0.15, 0.2) is 53.5 Å². The summed E-state index contributed by atoms with van der Waals surface area (Å²) in [5.74, 6) is 0.789. The van der Waals surface area contributed by atoms with Crippen LogP contribution in [-0.2, 0) is 13.0 Å². The summed E-state index contributed by atoms with van der Waals surface area (Å²) < 4.78 is 0. The first-order valence-electron chi connectivity index (χ1n) is 10.1. The zero-order valence-electron chi connectivity index (χ0n) is 17.8. The summed E-state index contributed by atoms with van der Waals surface area (Å²) in [6.07, 6.45) is 1.11. The molecule has 1 amide bonds. The molecule has 0 radical (unpaired) electrons. The number of nitrogens with one attached hydrogen (secondary N) is 2. The number of guanidine groups is 1. The third-order valence-electron chi connectivity index (χ3n) is 5.31. The number of carbonyl (C=O) groups excluding carboxylic acids is 1. The van der Waals surface area contributed by atoms with Crippen molar-refractivity contribution in [1.82, 2.24) is 15.5 Å². The second-order valence-corrected chi connectivity index (χ2v) is 7.62. The molecule has 3 rings (SSSR count). The number of hydrogen-bond donors (Lipinski definition) is 2. The number of fused-ring (bicyclic) bond motifs is 1. The predicted molar refractivity (Wildman–Crippen MR) is 120 cm³/mol. The van der Waals surface area contributed by atoms with Gasteiger partial charge < -0.3 is 20.4 Å². The number of hydrogen-bond acceptors (Lipinski definition) is 3. The number of carbonyl (C=O) groups is 1. The van der Waals surface area contributed by atoms with Crippen LogP contribution in [0.25, 0.3) is 0 Å². The van der Waals surface area contributed by atoms with Gasteiger partial charge in [-0.3, -0.25) is 9.79 Å². The molecule has 1 unspecified atom stereocenters. The average molecular weight is 394 g/mol. The molecule has 0 saturated heterocycles. The van der Waals surface area contributed by atoms with E-state index in [0.29, 0.717) is 18.2 Å². The Morgan fingerprint density at radius 2 is 1.86 bits per heavy atom. The van der Waals surface area contributed by atoms with Crippen LogP contribution in [0.4, 0.5) is 5.69 Å². The summed E-state index contributed by atoms with van der Waals surface area (Å²) >= 11 is 0. The van der Waals surface area contributed by atoms with Crippen LogP contribution in [0.2, 0.25) is 0 Å². The lowest BCUT2D eigenvalue weighted by molar-refractivity contribution is 0.0827. The van der Waals surface area contributed by atoms with Crippen LogP contribution in [0.1, 0.15) is 28.4 Å². The Hall–Kier alpha value is -3.02. The second-order valence-electron chi connectivity index (χ2n) is 7.62. The van der Waals surface area contributed by atoms with Crippen LogP contribution in [0.5, 0.6) is 0 Å². The highest BCUT2D eigenvalue weighted by atomic mass is 16.2. The van der Waals surface area contributed by atoms with Crippen molar-refractivity contribution in [2.75, 3.05) is 39.1 Å². The molecule has 6 heteroatoms. The molecule has 154 valence electrons. The fourth-order valence-corrected chi connectivity index (χ4v) is 3.61. The Kier molecular flexibility index (Phi) is 6.75. The zero-order valence-corrected chi connectivity index (χ0v) is 17.8. The molecular weight excluding hydrogens is 362 g/mol. The minimum Gasteiger partial charge on any atom is -0.366 e. The fraction of sp³-hybridized carbons (Fsp3) is 0.391. The lowest BCUT2D eigenvalue weighted by Crippen LogP contribution is -2.45. The molecule has 29 heavy (non-hydrogen) atoms. The third-order valence-corrected chi connectivity index (χ3v) is 5.31. The van der Waals surface area contributed by atoms with Crippen LogP contribution in [-0.4, -0.2) is 57.0 Å². The Bertz CT molecular complexity index is 860. The molecular formula is C23H31N5O. The van der Waals surface area contributed by atoms with Gasteiger partial charge in [0, 0.05) is 58.1 Å². The number of aliphatic imine (C=N–C) groups is 1. The van der Waals surface area contributed by atoms with Gasteiger partial charge in [0.15, 0.2) is 5.96 Å². The van der Waals surface area contributed by atoms with E-state index < -0.39 is 0 Å². The van der Waals surface area contributed by atoms with E-state index in [2.05, 4.69) is 51.7 Å². The van der Waals surface area contributed by atoms with E-state index in [1.54, 1.807) is 26.0 Å². The van der Waals surface area contributed by atoms with Crippen molar-refractivity contribution >= 4 is 17.6 Å². The number of para-hydroxylation sites is 1. The van der Waals surface area contributed by atoms with Crippen molar-refractivity contribution in [3.63, 3.8) is 0 Å². The highest BCUT2D eigenvalue weighted by Gasteiger charge is 2.22. The maximum Gasteiger partial charge on any atom is 0.253 e. The Labute approximate surface area is 173 Å². The van der Waals surface area contributed by atoms with Crippen molar-refractivity contribution in [3.05, 3.63) is 65.2 Å². The van der Waals surface area contributed by atoms with Gasteiger partial charge in [-0.25, -0.2) is 0 Å². The zero-order chi connectivity index (χ0) is 20.8. The molecule has 0 aromatic heterocycles. The van der Waals surface area contributed by atoms with Crippen LogP contribution in [0.3, 0.4) is 0 Å². The smallest absolute Gasteiger partial charge is 0.253 e. The van der Waals surface area contributed by atoms with Gasteiger partial charge in [0.2, 0.25) is 0 Å². The number of nitrogens with zero attached hydrogens (tertiary/aromatic N) is 3. The molecule has 1 heterocycles. The maximum absolute atomic E-state index is 12.0. The largest absolute Gasteiger partial charge is 0.366 e. The van der Waals surface area contributed by atoms with E-state index >= 15 is 0 Å². The van der Waals surface area contributed by atoms with E-state index in [1.807, 2.05) is 24.3 Å². The summed E-state index contributed by atoms with van der Waals surface area (Å²) in [7, 11) is 5.30. The monoisotopic (exact) mass is 393 g/mol. The second kappa shape index (κ2) is 9.45. The lowest BCUT2D eigenvalue weighted by atomic mass is 10.1. The number of rotatable bonds is 6. The lowest BCUT2D eigenvalue weighted by Gasteiger charge is -2.28. The standard InChI is InChI=1S/C23H31N5O/c1-17(28-14-13-19-7-5-6-8-21(19)28)15-25-23(24-2)26-16-18-9-11-20(12-10-18)22(29)27(3)4/h5-12,17H,13-16H2,1-4H3,(H2,24,25,26). The van der Waals surface area contributed by atoms with Gasteiger partial charge in [-0.15, -0.1) is 0 Å². The number of benzene rings is 2. The first-order chi connectivity index (χ1) is 14.0. The molecule has 0 spiro atoms. The van der Waals surface area contributed by atoms with Gasteiger partial charge in [0.25, 0.3) is 5.91 Å². The van der Waals surface area contributed by atoms with E-state index in [0.717, 1.165) is 31.0 Å². The molecule has 0 bridgehead atoms. The Morgan fingerprint density at radius 3 is 2.55 bits per heavy atom. The first-order valence-corrected chi connectivity index (χ1v) is 10.1. The molecule has 0 saturated carbocycles. The summed E-state index contributed by atoms with van der Waals surface area (Å²) in [5, 5.41) is 6.78. The van der Waals surface area contributed by atoms with E-state index in [1.165, 1.54) is 11.3 Å². The Balaban J connectivity index is 1.49. The van der Waals surface area contributed by atoms with Gasteiger partial charge in [-0.2, -0.15) is 0 Å². The topological polar surface area (TPSA) is 60.0 Å². The van der Waals surface area contributed by atoms with Gasteiger partial charge in [0.05, 0.1) is 0 Å². The normalized spacial score (nSPS) is 14.3. The molecule has 6 nitrogen and oxygen atoms in total. The summed E-state index contributed by atoms with van der Waals surface area (Å²) in [6, 6.07) is 16.7. The van der Waals surface area contributed by atoms with E-state index in [9.17, 15) is 4.79 Å². The third kappa shape index (κ3) is 5.08. The minimum atomic E-state index is 0.0134. The minimum absolute atomic E-state index is 0.0134. The van der Waals surface area contributed by atoms with Crippen molar-refractivity contribution in [2.45, 2.75) is 25.9 Å². The molecule has 2 aromatic carbocycles. The Morgan fingerprint density at radius 1 is 1.14 bits per heavy atom. The number of anilines is 1. The predicted octanol–water partition coefficient (Wildman–Crippen LogP) is 2.50. The molecule has 0 aliphatic carbocycles. The average Bonchev–Trinajstić information content (AvgIpc) is 3.17. The van der Waals surface area contributed by atoms with Crippen LogP contribution in [0, 0.1) is 0 Å². The van der Waals surface area contributed by atoms with Crippen molar-refractivity contribution in [3.8, 4) is 0 Å². The van der Waals surface area contributed by atoms with Crippen molar-refractivity contribution < 1.29 is 4.79 Å². The van der Waals surface area contributed by atoms with Gasteiger partial charge in [-0.1, -0.05) is 30.3 Å². The fourth-order valence-electron chi connectivity index (χ4n) is 3.61. The molecule has 2 N–H and O–H groups in total. The van der Waals surface area contributed by atoms with E-state index in [-0.39, 0.29) is 5.91 Å². The van der Waals surface area contributed by atoms with Crippen molar-refractivity contribution in [1.29, 1.82) is 0 Å². The van der Waals surface area contributed by atoms with Crippen molar-refractivity contribution in [2.24, 2.45) is 4.99 Å². The number of amides is 1. The SMILES string of the molecule is CN=C(NCc1ccc(C(=O)N(C)C)cc1)NCC(C)N1CCc2ccccc21. The first kappa shape index (κ1) is 20.7. The molecule has 1 aliphatic rings. The molecule has 0 fully saturated rings. The summed E-state index contributed by atoms with van der Waals surface area (Å²) in [6.45, 7) is 4.76.